The highest BCUT2D eigenvalue weighted by Gasteiger charge is 2.19. The maximum absolute atomic E-state index is 15.0. The van der Waals surface area contributed by atoms with E-state index in [-0.39, 0.29) is 34.5 Å². The third-order valence-electron chi connectivity index (χ3n) is 5.85. The summed E-state index contributed by atoms with van der Waals surface area (Å²) in [5.74, 6) is -1.67. The van der Waals surface area contributed by atoms with Gasteiger partial charge in [0.1, 0.15) is 17.7 Å². The summed E-state index contributed by atoms with van der Waals surface area (Å²) in [6.07, 6.45) is 4.28. The van der Waals surface area contributed by atoms with Gasteiger partial charge in [-0.3, -0.25) is 14.2 Å². The molecule has 0 aliphatic carbocycles. The van der Waals surface area contributed by atoms with Crippen LogP contribution >= 0.6 is 11.6 Å². The van der Waals surface area contributed by atoms with Crippen LogP contribution in [0.3, 0.4) is 0 Å². The van der Waals surface area contributed by atoms with Crippen molar-refractivity contribution in [2.75, 3.05) is 5.32 Å². The lowest BCUT2D eigenvalue weighted by atomic mass is 10.0. The summed E-state index contributed by atoms with van der Waals surface area (Å²) in [4.78, 5) is 34.6. The first kappa shape index (κ1) is 24.8. The van der Waals surface area contributed by atoms with Crippen molar-refractivity contribution < 1.29 is 8.78 Å². The van der Waals surface area contributed by atoms with Crippen molar-refractivity contribution in [2.24, 2.45) is 7.05 Å². The zero-order valence-electron chi connectivity index (χ0n) is 19.9. The quantitative estimate of drug-likeness (QED) is 0.365. The minimum absolute atomic E-state index is 0.0544. The first-order valence-electron chi connectivity index (χ1n) is 11.1. The van der Waals surface area contributed by atoms with E-state index in [0.29, 0.717) is 22.0 Å². The normalized spacial score (nSPS) is 11.1. The molecular formula is C25H17ClF2N8O2. The van der Waals surface area contributed by atoms with Gasteiger partial charge in [-0.05, 0) is 42.3 Å². The SMILES string of the molecule is Cc1cc(F)c(C#N)cc1Cn1c(Nc2cc3cn(C)nc3cc2F)nc(=O)n(-c2cncc(Cl)c2)c1=O. The van der Waals surface area contributed by atoms with Gasteiger partial charge in [-0.2, -0.15) is 15.3 Å². The van der Waals surface area contributed by atoms with E-state index >= 15 is 0 Å². The lowest BCUT2D eigenvalue weighted by Gasteiger charge is -2.17. The van der Waals surface area contributed by atoms with Gasteiger partial charge in [-0.25, -0.2) is 22.9 Å². The zero-order valence-corrected chi connectivity index (χ0v) is 20.7. The number of pyridine rings is 1. The number of hydrogen-bond acceptors (Lipinski definition) is 7. The van der Waals surface area contributed by atoms with Crippen LogP contribution in [0.1, 0.15) is 16.7 Å². The second kappa shape index (κ2) is 9.53. The van der Waals surface area contributed by atoms with E-state index in [0.717, 1.165) is 9.13 Å². The Morgan fingerprint density at radius 1 is 1.11 bits per heavy atom. The second-order valence-corrected chi connectivity index (χ2v) is 8.91. The van der Waals surface area contributed by atoms with E-state index in [1.54, 1.807) is 26.2 Å². The fourth-order valence-corrected chi connectivity index (χ4v) is 4.17. The zero-order chi connectivity index (χ0) is 27.1. The summed E-state index contributed by atoms with van der Waals surface area (Å²) in [5.41, 5.74) is -0.747. The Bertz CT molecular complexity index is 1910. The van der Waals surface area contributed by atoms with E-state index in [2.05, 4.69) is 20.4 Å². The molecule has 0 unspecified atom stereocenters. The van der Waals surface area contributed by atoms with Crippen LogP contribution in [-0.2, 0) is 13.6 Å². The monoisotopic (exact) mass is 534 g/mol. The van der Waals surface area contributed by atoms with Crippen molar-refractivity contribution >= 4 is 34.1 Å². The highest BCUT2D eigenvalue weighted by molar-refractivity contribution is 6.30. The van der Waals surface area contributed by atoms with Crippen LogP contribution in [0.2, 0.25) is 5.02 Å². The van der Waals surface area contributed by atoms with E-state index in [1.807, 2.05) is 0 Å². The Kier molecular flexibility index (Phi) is 6.22. The van der Waals surface area contributed by atoms with Crippen molar-refractivity contribution in [2.45, 2.75) is 13.5 Å². The Hall–Kier alpha value is -4.89. The van der Waals surface area contributed by atoms with Gasteiger partial charge in [0.2, 0.25) is 5.95 Å². The minimum Gasteiger partial charge on any atom is -0.323 e. The predicted molar refractivity (Wildman–Crippen MR) is 136 cm³/mol. The lowest BCUT2D eigenvalue weighted by molar-refractivity contribution is 0.616. The van der Waals surface area contributed by atoms with Gasteiger partial charge in [-0.1, -0.05) is 11.6 Å². The molecule has 0 saturated heterocycles. The first-order chi connectivity index (χ1) is 18.1. The molecule has 0 aliphatic rings. The molecule has 0 atom stereocenters. The molecule has 0 saturated carbocycles. The number of aromatic nitrogens is 6. The third kappa shape index (κ3) is 4.51. The number of nitriles is 1. The van der Waals surface area contributed by atoms with Crippen LogP contribution in [0.4, 0.5) is 20.4 Å². The van der Waals surface area contributed by atoms with Gasteiger partial charge in [0, 0.05) is 30.9 Å². The van der Waals surface area contributed by atoms with Gasteiger partial charge in [0.05, 0.1) is 40.2 Å². The molecule has 2 aromatic carbocycles. The van der Waals surface area contributed by atoms with Crippen molar-refractivity contribution in [1.29, 1.82) is 5.26 Å². The average molecular weight is 535 g/mol. The largest absolute Gasteiger partial charge is 0.359 e. The molecular weight excluding hydrogens is 518 g/mol. The number of anilines is 2. The molecule has 190 valence electrons. The summed E-state index contributed by atoms with van der Waals surface area (Å²) in [6, 6.07) is 8.29. The number of halogens is 3. The van der Waals surface area contributed by atoms with Crippen LogP contribution in [0.25, 0.3) is 16.6 Å². The number of rotatable bonds is 5. The maximum Gasteiger partial charge on any atom is 0.359 e. The Balaban J connectivity index is 1.71. The molecule has 0 amide bonds. The van der Waals surface area contributed by atoms with Gasteiger partial charge < -0.3 is 5.32 Å². The number of hydrogen-bond donors (Lipinski definition) is 1. The van der Waals surface area contributed by atoms with Crippen LogP contribution in [-0.4, -0.2) is 28.9 Å². The van der Waals surface area contributed by atoms with Gasteiger partial charge in [-0.15, -0.1) is 0 Å². The van der Waals surface area contributed by atoms with Gasteiger partial charge >= 0.3 is 11.4 Å². The topological polar surface area (TPSA) is 123 Å². The average Bonchev–Trinajstić information content (AvgIpc) is 3.21. The lowest BCUT2D eigenvalue weighted by Crippen LogP contribution is -2.42. The molecule has 0 spiro atoms. The number of aryl methyl sites for hydroxylation is 2. The summed E-state index contributed by atoms with van der Waals surface area (Å²) in [6.45, 7) is 1.39. The van der Waals surface area contributed by atoms with Crippen molar-refractivity contribution in [3.05, 3.63) is 103 Å². The number of benzene rings is 2. The fraction of sp³-hybridized carbons (Fsp3) is 0.120. The van der Waals surface area contributed by atoms with E-state index in [9.17, 15) is 23.6 Å². The molecule has 0 aliphatic heterocycles. The molecule has 0 bridgehead atoms. The second-order valence-electron chi connectivity index (χ2n) is 8.47. The predicted octanol–water partition coefficient (Wildman–Crippen LogP) is 3.58. The van der Waals surface area contributed by atoms with E-state index < -0.39 is 23.0 Å². The number of nitrogens with zero attached hydrogens (tertiary/aromatic N) is 7. The molecule has 3 aromatic heterocycles. The fourth-order valence-electron chi connectivity index (χ4n) is 4.01. The van der Waals surface area contributed by atoms with E-state index in [1.165, 1.54) is 47.4 Å². The van der Waals surface area contributed by atoms with Crippen LogP contribution < -0.4 is 16.7 Å². The third-order valence-corrected chi connectivity index (χ3v) is 6.05. The number of nitrogens with one attached hydrogen (secondary N) is 1. The highest BCUT2D eigenvalue weighted by Crippen LogP contribution is 2.25. The van der Waals surface area contributed by atoms with Crippen LogP contribution in [0.5, 0.6) is 0 Å². The summed E-state index contributed by atoms with van der Waals surface area (Å²) in [7, 11) is 1.69. The molecule has 10 nitrogen and oxygen atoms in total. The molecule has 0 fully saturated rings. The van der Waals surface area contributed by atoms with Crippen molar-refractivity contribution in [1.82, 2.24) is 28.9 Å². The molecule has 5 rings (SSSR count). The molecule has 38 heavy (non-hydrogen) atoms. The van der Waals surface area contributed by atoms with Crippen molar-refractivity contribution in [3.63, 3.8) is 0 Å². The van der Waals surface area contributed by atoms with Gasteiger partial charge in [0.25, 0.3) is 0 Å². The van der Waals surface area contributed by atoms with Gasteiger partial charge in [0.15, 0.2) is 0 Å². The minimum atomic E-state index is -0.964. The van der Waals surface area contributed by atoms with Crippen molar-refractivity contribution in [3.8, 4) is 11.8 Å². The molecule has 5 aromatic rings. The summed E-state index contributed by atoms with van der Waals surface area (Å²) >= 11 is 6.01. The number of fused-ring (bicyclic) bond motifs is 1. The summed E-state index contributed by atoms with van der Waals surface area (Å²) < 4.78 is 32.5. The standard InChI is InChI=1S/C25H17ClF2N8O2/c1-13-3-19(27)14(8-29)4-15(13)12-35-23(31-22-5-16-11-34(2)33-21(16)7-20(22)28)32-24(37)36(25(35)38)18-6-17(26)9-30-10-18/h3-7,9-11H,12H2,1-2H3,(H,31,32,37). The van der Waals surface area contributed by atoms with E-state index in [4.69, 9.17) is 11.6 Å². The highest BCUT2D eigenvalue weighted by atomic mass is 35.5. The first-order valence-corrected chi connectivity index (χ1v) is 11.5. The Morgan fingerprint density at radius 3 is 2.63 bits per heavy atom. The Morgan fingerprint density at radius 2 is 1.89 bits per heavy atom. The molecule has 3 heterocycles. The molecule has 13 heteroatoms. The molecule has 1 N–H and O–H groups in total. The van der Waals surface area contributed by atoms with Crippen LogP contribution in [0, 0.1) is 29.9 Å². The Labute approximate surface area is 218 Å². The molecule has 0 radical (unpaired) electrons. The summed E-state index contributed by atoms with van der Waals surface area (Å²) in [5, 5.41) is 17.0. The maximum atomic E-state index is 15.0. The van der Waals surface area contributed by atoms with Crippen LogP contribution in [0.15, 0.2) is 58.5 Å². The smallest absolute Gasteiger partial charge is 0.323 e.